The molecule has 1 fully saturated rings. The number of likely N-dealkylation sites (tertiary alicyclic amines) is 1. The second-order valence-electron chi connectivity index (χ2n) is 7.53. The summed E-state index contributed by atoms with van der Waals surface area (Å²) in [6.07, 6.45) is -0.0298. The standard InChI is InChI=1S/C24H26ClNO6/c1-14(2)32-11-10-26-21(15-6-5-7-17(12-15)30-3)20(23(28)24(26)29)22(27)18-13-16(25)8-9-19(18)31-4/h5-9,12-14,21,27H,10-11H2,1-4H3/b22-20+. The van der Waals surface area contributed by atoms with Gasteiger partial charge >= 0.3 is 0 Å². The van der Waals surface area contributed by atoms with Crippen LogP contribution >= 0.6 is 11.6 Å². The molecule has 1 heterocycles. The van der Waals surface area contributed by atoms with Crippen molar-refractivity contribution in [3.63, 3.8) is 0 Å². The molecule has 1 N–H and O–H groups in total. The van der Waals surface area contributed by atoms with Gasteiger partial charge in [0.25, 0.3) is 11.7 Å². The van der Waals surface area contributed by atoms with Crippen molar-refractivity contribution in [1.82, 2.24) is 4.90 Å². The maximum absolute atomic E-state index is 13.1. The highest BCUT2D eigenvalue weighted by Crippen LogP contribution is 2.41. The molecule has 1 amide bonds. The third kappa shape index (κ3) is 4.74. The highest BCUT2D eigenvalue weighted by molar-refractivity contribution is 6.46. The van der Waals surface area contributed by atoms with Crippen molar-refractivity contribution in [1.29, 1.82) is 0 Å². The third-order valence-corrected chi connectivity index (χ3v) is 5.38. The topological polar surface area (TPSA) is 85.3 Å². The molecule has 1 aliphatic heterocycles. The number of methoxy groups -OCH3 is 2. The van der Waals surface area contributed by atoms with Crippen molar-refractivity contribution in [3.05, 3.63) is 64.2 Å². The summed E-state index contributed by atoms with van der Waals surface area (Å²) >= 11 is 6.12. The summed E-state index contributed by atoms with van der Waals surface area (Å²) in [5.41, 5.74) is 0.799. The van der Waals surface area contributed by atoms with Crippen LogP contribution < -0.4 is 9.47 Å². The van der Waals surface area contributed by atoms with E-state index in [2.05, 4.69) is 0 Å². The van der Waals surface area contributed by atoms with Gasteiger partial charge in [0.2, 0.25) is 0 Å². The Morgan fingerprint density at radius 1 is 1.12 bits per heavy atom. The molecule has 0 spiro atoms. The molecule has 1 atom stereocenters. The van der Waals surface area contributed by atoms with Crippen LogP contribution in [0.3, 0.4) is 0 Å². The van der Waals surface area contributed by atoms with Gasteiger partial charge in [0, 0.05) is 11.6 Å². The van der Waals surface area contributed by atoms with Crippen LogP contribution in [0, 0.1) is 0 Å². The summed E-state index contributed by atoms with van der Waals surface area (Å²) in [5.74, 6) is -0.977. The van der Waals surface area contributed by atoms with Gasteiger partial charge < -0.3 is 24.2 Å². The second-order valence-corrected chi connectivity index (χ2v) is 7.97. The summed E-state index contributed by atoms with van der Waals surface area (Å²) in [6.45, 7) is 4.19. The number of ketones is 1. The summed E-state index contributed by atoms with van der Waals surface area (Å²) in [6, 6.07) is 10.9. The molecular weight excluding hydrogens is 434 g/mol. The molecule has 2 aromatic carbocycles. The molecule has 3 rings (SSSR count). The highest BCUT2D eigenvalue weighted by atomic mass is 35.5. The van der Waals surface area contributed by atoms with Crippen molar-refractivity contribution in [2.75, 3.05) is 27.4 Å². The minimum Gasteiger partial charge on any atom is -0.507 e. The number of halogens is 1. The van der Waals surface area contributed by atoms with Gasteiger partial charge in [-0.25, -0.2) is 0 Å². The molecule has 0 radical (unpaired) electrons. The monoisotopic (exact) mass is 459 g/mol. The first-order valence-corrected chi connectivity index (χ1v) is 10.5. The van der Waals surface area contributed by atoms with Gasteiger partial charge in [0.1, 0.15) is 17.3 Å². The number of ether oxygens (including phenoxy) is 3. The van der Waals surface area contributed by atoms with Gasteiger partial charge in [-0.15, -0.1) is 0 Å². The molecule has 1 unspecified atom stereocenters. The fourth-order valence-corrected chi connectivity index (χ4v) is 3.84. The molecule has 0 saturated carbocycles. The number of carbonyl (C=O) groups excluding carboxylic acids is 2. The van der Waals surface area contributed by atoms with Gasteiger partial charge in [-0.1, -0.05) is 23.7 Å². The van der Waals surface area contributed by atoms with E-state index in [1.165, 1.54) is 25.2 Å². The molecule has 2 aromatic rings. The summed E-state index contributed by atoms with van der Waals surface area (Å²) < 4.78 is 16.3. The lowest BCUT2D eigenvalue weighted by atomic mass is 9.95. The molecule has 0 aliphatic carbocycles. The maximum atomic E-state index is 13.1. The minimum atomic E-state index is -0.829. The quantitative estimate of drug-likeness (QED) is 0.361. The largest absolute Gasteiger partial charge is 0.507 e. The van der Waals surface area contributed by atoms with E-state index in [0.717, 1.165) is 0 Å². The number of hydrogen-bond donors (Lipinski definition) is 1. The zero-order valence-corrected chi connectivity index (χ0v) is 19.2. The highest BCUT2D eigenvalue weighted by Gasteiger charge is 2.46. The lowest BCUT2D eigenvalue weighted by molar-refractivity contribution is -0.140. The van der Waals surface area contributed by atoms with Crippen LogP contribution in [0.5, 0.6) is 11.5 Å². The molecule has 170 valence electrons. The Hall–Kier alpha value is -3.03. The Balaban J connectivity index is 2.17. The number of amides is 1. The van der Waals surface area contributed by atoms with Gasteiger partial charge in [-0.3, -0.25) is 9.59 Å². The number of carbonyl (C=O) groups is 2. The van der Waals surface area contributed by atoms with E-state index in [0.29, 0.717) is 22.1 Å². The lowest BCUT2D eigenvalue weighted by Gasteiger charge is -2.26. The molecular formula is C24H26ClNO6. The zero-order valence-electron chi connectivity index (χ0n) is 18.4. The van der Waals surface area contributed by atoms with E-state index in [1.807, 2.05) is 13.8 Å². The predicted octanol–water partition coefficient (Wildman–Crippen LogP) is 4.20. The number of rotatable bonds is 8. The van der Waals surface area contributed by atoms with Crippen molar-refractivity contribution in [2.24, 2.45) is 0 Å². The number of aliphatic hydroxyl groups excluding tert-OH is 1. The number of Topliss-reactive ketones (excluding diaryl/α,β-unsaturated/α-hetero) is 1. The number of aliphatic hydroxyl groups is 1. The van der Waals surface area contributed by atoms with Crippen molar-refractivity contribution >= 4 is 29.1 Å². The van der Waals surface area contributed by atoms with E-state index in [9.17, 15) is 14.7 Å². The fraction of sp³-hybridized carbons (Fsp3) is 0.333. The van der Waals surface area contributed by atoms with Gasteiger partial charge in [0.15, 0.2) is 0 Å². The van der Waals surface area contributed by atoms with Gasteiger partial charge in [-0.2, -0.15) is 0 Å². The van der Waals surface area contributed by atoms with E-state index >= 15 is 0 Å². The molecule has 1 saturated heterocycles. The van der Waals surface area contributed by atoms with Crippen molar-refractivity contribution in [2.45, 2.75) is 26.0 Å². The molecule has 0 bridgehead atoms. The molecule has 7 nitrogen and oxygen atoms in total. The zero-order chi connectivity index (χ0) is 23.4. The average molecular weight is 460 g/mol. The van der Waals surface area contributed by atoms with Gasteiger partial charge in [-0.05, 0) is 49.7 Å². The van der Waals surface area contributed by atoms with Crippen molar-refractivity contribution < 1.29 is 28.9 Å². The number of hydrogen-bond acceptors (Lipinski definition) is 6. The Bertz CT molecular complexity index is 1050. The minimum absolute atomic E-state index is 0.0298. The van der Waals surface area contributed by atoms with E-state index in [-0.39, 0.29) is 36.2 Å². The molecule has 1 aliphatic rings. The maximum Gasteiger partial charge on any atom is 0.295 e. The van der Waals surface area contributed by atoms with Crippen LogP contribution in [-0.2, 0) is 14.3 Å². The van der Waals surface area contributed by atoms with E-state index < -0.39 is 17.7 Å². The van der Waals surface area contributed by atoms with Gasteiger partial charge in [0.05, 0.1) is 44.1 Å². The van der Waals surface area contributed by atoms with Crippen LogP contribution in [0.15, 0.2) is 48.0 Å². The van der Waals surface area contributed by atoms with Crippen LogP contribution in [-0.4, -0.2) is 55.2 Å². The lowest BCUT2D eigenvalue weighted by Crippen LogP contribution is -2.33. The van der Waals surface area contributed by atoms with E-state index in [1.54, 1.807) is 36.4 Å². The second kappa shape index (κ2) is 10.1. The van der Waals surface area contributed by atoms with Crippen LogP contribution in [0.2, 0.25) is 5.02 Å². The Labute approximate surface area is 192 Å². The third-order valence-electron chi connectivity index (χ3n) is 5.15. The average Bonchev–Trinajstić information content (AvgIpc) is 3.03. The predicted molar refractivity (Wildman–Crippen MR) is 121 cm³/mol. The molecule has 8 heteroatoms. The first kappa shape index (κ1) is 23.6. The smallest absolute Gasteiger partial charge is 0.295 e. The first-order chi connectivity index (χ1) is 15.3. The fourth-order valence-electron chi connectivity index (χ4n) is 3.67. The number of nitrogens with zero attached hydrogens (tertiary/aromatic N) is 1. The van der Waals surface area contributed by atoms with Crippen molar-refractivity contribution in [3.8, 4) is 11.5 Å². The number of benzene rings is 2. The summed E-state index contributed by atoms with van der Waals surface area (Å²) in [4.78, 5) is 27.5. The van der Waals surface area contributed by atoms with E-state index in [4.69, 9.17) is 25.8 Å². The normalized spacial score (nSPS) is 17.8. The van der Waals surface area contributed by atoms with Crippen LogP contribution in [0.4, 0.5) is 0 Å². The molecule has 0 aromatic heterocycles. The molecule has 32 heavy (non-hydrogen) atoms. The van der Waals surface area contributed by atoms with Crippen LogP contribution in [0.1, 0.15) is 31.0 Å². The summed E-state index contributed by atoms with van der Waals surface area (Å²) in [5, 5.41) is 11.6. The van der Waals surface area contributed by atoms with Crippen LogP contribution in [0.25, 0.3) is 5.76 Å². The Kier molecular flexibility index (Phi) is 7.43. The Morgan fingerprint density at radius 2 is 1.88 bits per heavy atom. The SMILES string of the molecule is COc1cccc(C2/C(=C(\O)c3cc(Cl)ccc3OC)C(=O)C(=O)N2CCOC(C)C)c1. The summed E-state index contributed by atoms with van der Waals surface area (Å²) in [7, 11) is 2.98. The Morgan fingerprint density at radius 3 is 2.53 bits per heavy atom. The first-order valence-electron chi connectivity index (χ1n) is 10.2.